The van der Waals surface area contributed by atoms with Gasteiger partial charge in [-0.15, -0.1) is 0 Å². The lowest BCUT2D eigenvalue weighted by atomic mass is 9.84. The van der Waals surface area contributed by atoms with Gasteiger partial charge in [-0.3, -0.25) is 9.20 Å². The molecular formula is C15H18N4O. The van der Waals surface area contributed by atoms with Gasteiger partial charge in [-0.05, 0) is 25.3 Å². The molecular weight excluding hydrogens is 252 g/mol. The molecule has 1 atom stereocenters. The molecule has 0 N–H and O–H groups in total. The lowest BCUT2D eigenvalue weighted by Gasteiger charge is -2.29. The largest absolute Gasteiger partial charge is 0.342 e. The number of aromatic nitrogens is 3. The number of rotatable bonds is 2. The summed E-state index contributed by atoms with van der Waals surface area (Å²) in [6.45, 7) is 1.73. The Morgan fingerprint density at radius 1 is 1.20 bits per heavy atom. The van der Waals surface area contributed by atoms with E-state index in [0.29, 0.717) is 17.7 Å². The number of carbonyl (C=O) groups excluding carboxylic acids is 1. The number of likely N-dealkylation sites (tertiary alicyclic amines) is 1. The minimum atomic E-state index is 0.305. The van der Waals surface area contributed by atoms with Crippen molar-refractivity contribution in [1.82, 2.24) is 19.3 Å². The molecule has 1 saturated heterocycles. The van der Waals surface area contributed by atoms with Crippen molar-refractivity contribution < 1.29 is 4.79 Å². The topological polar surface area (TPSA) is 50.5 Å². The van der Waals surface area contributed by atoms with E-state index >= 15 is 0 Å². The van der Waals surface area contributed by atoms with Crippen molar-refractivity contribution in [1.29, 1.82) is 0 Å². The van der Waals surface area contributed by atoms with Crippen molar-refractivity contribution in [3.8, 4) is 0 Å². The fourth-order valence-corrected chi connectivity index (χ4v) is 3.30. The first kappa shape index (κ1) is 11.9. The van der Waals surface area contributed by atoms with Crippen molar-refractivity contribution in [2.45, 2.75) is 31.6 Å². The fourth-order valence-electron chi connectivity index (χ4n) is 3.30. The van der Waals surface area contributed by atoms with Crippen molar-refractivity contribution in [2.24, 2.45) is 5.92 Å². The molecule has 104 valence electrons. The van der Waals surface area contributed by atoms with Gasteiger partial charge in [0.05, 0.1) is 0 Å². The summed E-state index contributed by atoms with van der Waals surface area (Å²) in [6, 6.07) is 2.05. The molecule has 0 bridgehead atoms. The van der Waals surface area contributed by atoms with Crippen LogP contribution in [0.5, 0.6) is 0 Å². The molecule has 2 fully saturated rings. The third-order valence-electron chi connectivity index (χ3n) is 4.71. The number of hydrogen-bond donors (Lipinski definition) is 0. The Morgan fingerprint density at radius 3 is 2.85 bits per heavy atom. The third kappa shape index (κ3) is 1.80. The molecule has 2 aromatic rings. The van der Waals surface area contributed by atoms with Crippen LogP contribution in [0, 0.1) is 5.92 Å². The highest BCUT2D eigenvalue weighted by atomic mass is 16.2. The van der Waals surface area contributed by atoms with Crippen molar-refractivity contribution >= 4 is 11.7 Å². The maximum Gasteiger partial charge on any atom is 0.233 e. The van der Waals surface area contributed by atoms with E-state index in [1.165, 1.54) is 12.1 Å². The monoisotopic (exact) mass is 270 g/mol. The van der Waals surface area contributed by atoms with Crippen LogP contribution in [0.2, 0.25) is 0 Å². The summed E-state index contributed by atoms with van der Waals surface area (Å²) in [5, 5.41) is 0. The molecule has 5 nitrogen and oxygen atoms in total. The molecule has 0 radical (unpaired) electrons. The maximum atomic E-state index is 12.3. The summed E-state index contributed by atoms with van der Waals surface area (Å²) in [4.78, 5) is 22.8. The van der Waals surface area contributed by atoms with E-state index in [-0.39, 0.29) is 0 Å². The lowest BCUT2D eigenvalue weighted by Crippen LogP contribution is -2.37. The van der Waals surface area contributed by atoms with Gasteiger partial charge in [-0.2, -0.15) is 0 Å². The van der Waals surface area contributed by atoms with Crippen LogP contribution in [0.4, 0.5) is 0 Å². The summed E-state index contributed by atoms with van der Waals surface area (Å²) < 4.78 is 2.04. The van der Waals surface area contributed by atoms with Crippen LogP contribution in [0.1, 0.15) is 37.3 Å². The molecule has 20 heavy (non-hydrogen) atoms. The molecule has 5 heteroatoms. The quantitative estimate of drug-likeness (QED) is 0.836. The highest BCUT2D eigenvalue weighted by Crippen LogP contribution is 2.33. The first-order valence-corrected chi connectivity index (χ1v) is 7.39. The maximum absolute atomic E-state index is 12.3. The zero-order valence-corrected chi connectivity index (χ0v) is 11.4. The van der Waals surface area contributed by atoms with E-state index < -0.39 is 0 Å². The number of carbonyl (C=O) groups is 1. The predicted octanol–water partition coefficient (Wildman–Crippen LogP) is 1.85. The van der Waals surface area contributed by atoms with Crippen LogP contribution in [0.3, 0.4) is 0 Å². The Kier molecular flexibility index (Phi) is 2.72. The average molecular weight is 270 g/mol. The first-order chi connectivity index (χ1) is 9.83. The standard InChI is InChI=1S/C15H18N4O/c20-14(11-2-1-3-11)18-8-5-12(10-18)13-4-6-16-15-17-7-9-19(13)15/h4,6-7,9,11-12H,1-3,5,8,10H2. The van der Waals surface area contributed by atoms with Crippen molar-refractivity contribution in [3.63, 3.8) is 0 Å². The van der Waals surface area contributed by atoms with Crippen LogP contribution in [0.15, 0.2) is 24.7 Å². The molecule has 4 rings (SSSR count). The van der Waals surface area contributed by atoms with Crippen LogP contribution >= 0.6 is 0 Å². The Bertz CT molecular complexity index is 646. The van der Waals surface area contributed by atoms with Crippen molar-refractivity contribution in [2.75, 3.05) is 13.1 Å². The van der Waals surface area contributed by atoms with Crippen LogP contribution in [0.25, 0.3) is 5.78 Å². The highest BCUT2D eigenvalue weighted by Gasteiger charge is 2.34. The molecule has 1 unspecified atom stereocenters. The molecule has 2 aliphatic rings. The first-order valence-electron chi connectivity index (χ1n) is 7.39. The minimum absolute atomic E-state index is 0.305. The molecule has 1 saturated carbocycles. The van der Waals surface area contributed by atoms with Gasteiger partial charge in [0.1, 0.15) is 0 Å². The van der Waals surface area contributed by atoms with E-state index in [1.54, 1.807) is 6.20 Å². The van der Waals surface area contributed by atoms with Crippen molar-refractivity contribution in [3.05, 3.63) is 30.4 Å². The number of imidazole rings is 1. The number of amides is 1. The van der Waals surface area contributed by atoms with Crippen LogP contribution in [-0.2, 0) is 4.79 Å². The van der Waals surface area contributed by atoms with Gasteiger partial charge < -0.3 is 4.90 Å². The second-order valence-corrected chi connectivity index (χ2v) is 5.86. The van der Waals surface area contributed by atoms with Crippen LogP contribution < -0.4 is 0 Å². The normalized spacial score (nSPS) is 23.2. The second kappa shape index (κ2) is 4.58. The van der Waals surface area contributed by atoms with Gasteiger partial charge in [0.15, 0.2) is 0 Å². The van der Waals surface area contributed by atoms with Gasteiger partial charge in [0.2, 0.25) is 11.7 Å². The number of fused-ring (bicyclic) bond motifs is 1. The zero-order chi connectivity index (χ0) is 13.5. The highest BCUT2D eigenvalue weighted by molar-refractivity contribution is 5.80. The summed E-state index contributed by atoms with van der Waals surface area (Å²) in [5.74, 6) is 1.82. The van der Waals surface area contributed by atoms with Gasteiger partial charge in [-0.25, -0.2) is 9.97 Å². The van der Waals surface area contributed by atoms with Gasteiger partial charge in [0.25, 0.3) is 0 Å². The Hall–Kier alpha value is -1.91. The van der Waals surface area contributed by atoms with Gasteiger partial charge in [0, 0.05) is 49.2 Å². The lowest BCUT2D eigenvalue weighted by molar-refractivity contribution is -0.137. The second-order valence-electron chi connectivity index (χ2n) is 5.86. The molecule has 3 heterocycles. The smallest absolute Gasteiger partial charge is 0.233 e. The van der Waals surface area contributed by atoms with Gasteiger partial charge >= 0.3 is 0 Å². The summed E-state index contributed by atoms with van der Waals surface area (Å²) in [5.41, 5.74) is 1.22. The number of nitrogens with zero attached hydrogens (tertiary/aromatic N) is 4. The summed E-state index contributed by atoms with van der Waals surface area (Å²) in [7, 11) is 0. The predicted molar refractivity (Wildman–Crippen MR) is 74.3 cm³/mol. The van der Waals surface area contributed by atoms with E-state index in [1.807, 2.05) is 16.8 Å². The van der Waals surface area contributed by atoms with Crippen LogP contribution in [-0.4, -0.2) is 38.3 Å². The number of hydrogen-bond acceptors (Lipinski definition) is 3. The van der Waals surface area contributed by atoms with E-state index in [0.717, 1.165) is 38.1 Å². The molecule has 1 aliphatic carbocycles. The Morgan fingerprint density at radius 2 is 2.05 bits per heavy atom. The zero-order valence-electron chi connectivity index (χ0n) is 11.4. The summed E-state index contributed by atoms with van der Waals surface area (Å²) >= 11 is 0. The minimum Gasteiger partial charge on any atom is -0.342 e. The average Bonchev–Trinajstić information content (AvgIpc) is 3.05. The fraction of sp³-hybridized carbons (Fsp3) is 0.533. The SMILES string of the molecule is O=C(C1CCC1)N1CCC(c2ccnc3nccn23)C1. The Balaban J connectivity index is 1.55. The molecule has 1 amide bonds. The van der Waals surface area contributed by atoms with E-state index in [4.69, 9.17) is 0 Å². The molecule has 1 aliphatic heterocycles. The summed E-state index contributed by atoms with van der Waals surface area (Å²) in [6.07, 6.45) is 9.96. The molecule has 2 aromatic heterocycles. The third-order valence-corrected chi connectivity index (χ3v) is 4.71. The molecule has 0 spiro atoms. The Labute approximate surface area is 117 Å². The van der Waals surface area contributed by atoms with E-state index in [2.05, 4.69) is 20.9 Å². The van der Waals surface area contributed by atoms with Gasteiger partial charge in [-0.1, -0.05) is 6.42 Å². The molecule has 0 aromatic carbocycles. The van der Waals surface area contributed by atoms with E-state index in [9.17, 15) is 4.79 Å².